The molecule has 1 aromatic rings. The van der Waals surface area contributed by atoms with Crippen LogP contribution in [0.4, 0.5) is 0 Å². The summed E-state index contributed by atoms with van der Waals surface area (Å²) >= 11 is 9.06. The van der Waals surface area contributed by atoms with E-state index in [-0.39, 0.29) is 0 Å². The zero-order valence-electron chi connectivity index (χ0n) is 8.88. The summed E-state index contributed by atoms with van der Waals surface area (Å²) in [6.45, 7) is 0. The number of rotatable bonds is 6. The Morgan fingerprint density at radius 1 is 1.40 bits per heavy atom. The van der Waals surface area contributed by atoms with Crippen LogP contribution < -0.4 is 0 Å². The molecule has 0 N–H and O–H groups in total. The molecule has 1 rings (SSSR count). The molecule has 15 heavy (non-hydrogen) atoms. The molecular weight excluding hydrogens is 336 g/mol. The van der Waals surface area contributed by atoms with Gasteiger partial charge in [0.15, 0.2) is 0 Å². The van der Waals surface area contributed by atoms with Gasteiger partial charge in [0.2, 0.25) is 0 Å². The fraction of sp³-hybridized carbons (Fsp3) is 0.500. The van der Waals surface area contributed by atoms with Crippen LogP contribution in [0.25, 0.3) is 0 Å². The molecular formula is C12H16Br2S. The van der Waals surface area contributed by atoms with E-state index in [1.165, 1.54) is 28.6 Å². The van der Waals surface area contributed by atoms with Crippen LogP contribution in [0.15, 0.2) is 28.7 Å². The number of hydrogen-bond donors (Lipinski definition) is 0. The van der Waals surface area contributed by atoms with Crippen molar-refractivity contribution in [3.63, 3.8) is 0 Å². The number of alkyl halides is 1. The van der Waals surface area contributed by atoms with Gasteiger partial charge < -0.3 is 0 Å². The Labute approximate surface area is 113 Å². The standard InChI is InChI=1S/C12H16Br2S/c1-15-7-3-5-11(9-13)10-4-2-6-12(14)8-10/h2,4,6,8,11H,3,5,7,9H2,1H3. The van der Waals surface area contributed by atoms with E-state index in [9.17, 15) is 0 Å². The predicted molar refractivity (Wildman–Crippen MR) is 78.3 cm³/mol. The highest BCUT2D eigenvalue weighted by atomic mass is 79.9. The smallest absolute Gasteiger partial charge is 0.0178 e. The first-order chi connectivity index (χ1) is 7.27. The summed E-state index contributed by atoms with van der Waals surface area (Å²) in [5.41, 5.74) is 1.43. The molecule has 0 fully saturated rings. The molecule has 1 atom stereocenters. The molecule has 3 heteroatoms. The van der Waals surface area contributed by atoms with E-state index in [4.69, 9.17) is 0 Å². The van der Waals surface area contributed by atoms with Gasteiger partial charge in [-0.25, -0.2) is 0 Å². The molecule has 0 aromatic heterocycles. The largest absolute Gasteiger partial charge is 0.165 e. The molecule has 0 aliphatic carbocycles. The number of hydrogen-bond acceptors (Lipinski definition) is 1. The van der Waals surface area contributed by atoms with E-state index in [1.807, 2.05) is 11.8 Å². The normalized spacial score (nSPS) is 12.7. The summed E-state index contributed by atoms with van der Waals surface area (Å²) in [6, 6.07) is 8.64. The van der Waals surface area contributed by atoms with E-state index in [0.29, 0.717) is 5.92 Å². The SMILES string of the molecule is CSCCCC(CBr)c1cccc(Br)c1. The quantitative estimate of drug-likeness (QED) is 0.509. The van der Waals surface area contributed by atoms with Crippen molar-refractivity contribution in [1.29, 1.82) is 0 Å². The highest BCUT2D eigenvalue weighted by Gasteiger charge is 2.09. The molecule has 0 aliphatic heterocycles. The van der Waals surface area contributed by atoms with Gasteiger partial charge >= 0.3 is 0 Å². The monoisotopic (exact) mass is 350 g/mol. The molecule has 0 amide bonds. The zero-order valence-corrected chi connectivity index (χ0v) is 12.9. The Kier molecular flexibility index (Phi) is 7.02. The van der Waals surface area contributed by atoms with Crippen LogP contribution in [0.5, 0.6) is 0 Å². The van der Waals surface area contributed by atoms with Crippen LogP contribution >= 0.6 is 43.6 Å². The molecule has 0 aliphatic rings. The van der Waals surface area contributed by atoms with Crippen molar-refractivity contribution < 1.29 is 0 Å². The van der Waals surface area contributed by atoms with Crippen LogP contribution in [-0.2, 0) is 0 Å². The fourth-order valence-electron chi connectivity index (χ4n) is 1.57. The predicted octanol–water partition coefficient (Wildman–Crippen LogP) is 5.07. The second-order valence-electron chi connectivity index (χ2n) is 3.54. The van der Waals surface area contributed by atoms with Gasteiger partial charge in [-0.1, -0.05) is 44.0 Å². The Balaban J connectivity index is 2.57. The summed E-state index contributed by atoms with van der Waals surface area (Å²) in [4.78, 5) is 0. The van der Waals surface area contributed by atoms with Crippen LogP contribution in [0.3, 0.4) is 0 Å². The van der Waals surface area contributed by atoms with Crippen molar-refractivity contribution in [2.24, 2.45) is 0 Å². The molecule has 0 radical (unpaired) electrons. The van der Waals surface area contributed by atoms with Gasteiger partial charge in [0.1, 0.15) is 0 Å². The lowest BCUT2D eigenvalue weighted by Gasteiger charge is -2.14. The average Bonchev–Trinajstić information content (AvgIpc) is 2.24. The Morgan fingerprint density at radius 2 is 2.20 bits per heavy atom. The van der Waals surface area contributed by atoms with Crippen molar-refractivity contribution in [2.75, 3.05) is 17.3 Å². The number of benzene rings is 1. The first kappa shape index (κ1) is 13.6. The van der Waals surface area contributed by atoms with E-state index in [1.54, 1.807) is 0 Å². The number of thioether (sulfide) groups is 1. The Hall–Kier alpha value is 0.530. The Morgan fingerprint density at radius 3 is 2.80 bits per heavy atom. The highest BCUT2D eigenvalue weighted by Crippen LogP contribution is 2.26. The molecule has 1 aromatic carbocycles. The summed E-state index contributed by atoms with van der Waals surface area (Å²) in [5.74, 6) is 1.91. The highest BCUT2D eigenvalue weighted by molar-refractivity contribution is 9.10. The Bertz CT molecular complexity index is 289. The summed E-state index contributed by atoms with van der Waals surface area (Å²) in [7, 11) is 0. The molecule has 0 saturated heterocycles. The average molecular weight is 352 g/mol. The van der Waals surface area contributed by atoms with Gasteiger partial charge in [0.25, 0.3) is 0 Å². The molecule has 1 unspecified atom stereocenters. The van der Waals surface area contributed by atoms with Crippen molar-refractivity contribution in [3.8, 4) is 0 Å². The second kappa shape index (κ2) is 7.75. The van der Waals surface area contributed by atoms with Crippen LogP contribution in [0.1, 0.15) is 24.3 Å². The van der Waals surface area contributed by atoms with Gasteiger partial charge in [-0.3, -0.25) is 0 Å². The molecule has 84 valence electrons. The third kappa shape index (κ3) is 4.92. The van der Waals surface area contributed by atoms with Gasteiger partial charge in [-0.05, 0) is 48.5 Å². The van der Waals surface area contributed by atoms with Gasteiger partial charge in [0, 0.05) is 9.80 Å². The summed E-state index contributed by atoms with van der Waals surface area (Å²) < 4.78 is 1.18. The molecule has 0 nitrogen and oxygen atoms in total. The van der Waals surface area contributed by atoms with Crippen LogP contribution in [-0.4, -0.2) is 17.3 Å². The zero-order chi connectivity index (χ0) is 11.1. The maximum absolute atomic E-state index is 3.61. The molecule has 0 saturated carbocycles. The van der Waals surface area contributed by atoms with Crippen molar-refractivity contribution in [1.82, 2.24) is 0 Å². The minimum Gasteiger partial charge on any atom is -0.165 e. The fourth-order valence-corrected chi connectivity index (χ4v) is 3.14. The maximum Gasteiger partial charge on any atom is 0.0178 e. The lowest BCUT2D eigenvalue weighted by molar-refractivity contribution is 0.681. The second-order valence-corrected chi connectivity index (χ2v) is 6.09. The van der Waals surface area contributed by atoms with Crippen LogP contribution in [0.2, 0.25) is 0 Å². The van der Waals surface area contributed by atoms with E-state index >= 15 is 0 Å². The van der Waals surface area contributed by atoms with E-state index < -0.39 is 0 Å². The van der Waals surface area contributed by atoms with Crippen molar-refractivity contribution in [3.05, 3.63) is 34.3 Å². The maximum atomic E-state index is 3.61. The topological polar surface area (TPSA) is 0 Å². The molecule has 0 spiro atoms. The van der Waals surface area contributed by atoms with E-state index in [2.05, 4.69) is 62.4 Å². The van der Waals surface area contributed by atoms with E-state index in [0.717, 1.165) is 5.33 Å². The first-order valence-electron chi connectivity index (χ1n) is 5.08. The van der Waals surface area contributed by atoms with Gasteiger partial charge in [-0.15, -0.1) is 0 Å². The van der Waals surface area contributed by atoms with Gasteiger partial charge in [0.05, 0.1) is 0 Å². The van der Waals surface area contributed by atoms with Crippen molar-refractivity contribution in [2.45, 2.75) is 18.8 Å². The first-order valence-corrected chi connectivity index (χ1v) is 8.39. The summed E-state index contributed by atoms with van der Waals surface area (Å²) in [5, 5.41) is 1.05. The number of halogens is 2. The lowest BCUT2D eigenvalue weighted by Crippen LogP contribution is -2.01. The minimum atomic E-state index is 0.648. The lowest BCUT2D eigenvalue weighted by atomic mass is 9.97. The van der Waals surface area contributed by atoms with Gasteiger partial charge in [-0.2, -0.15) is 11.8 Å². The minimum absolute atomic E-state index is 0.648. The van der Waals surface area contributed by atoms with Crippen molar-refractivity contribution >= 4 is 43.6 Å². The van der Waals surface area contributed by atoms with Crippen LogP contribution in [0, 0.1) is 0 Å². The molecule has 0 heterocycles. The third-order valence-electron chi connectivity index (χ3n) is 2.41. The molecule has 0 bridgehead atoms. The third-order valence-corrected chi connectivity index (χ3v) is 4.38. The summed E-state index contributed by atoms with van der Waals surface area (Å²) in [6.07, 6.45) is 4.73.